The van der Waals surface area contributed by atoms with E-state index in [1.807, 2.05) is 13.8 Å². The Morgan fingerprint density at radius 2 is 2.05 bits per heavy atom. The van der Waals surface area contributed by atoms with Crippen LogP contribution in [0.1, 0.15) is 20.3 Å². The second kappa shape index (κ2) is 8.68. The Morgan fingerprint density at radius 3 is 2.71 bits per heavy atom. The molecule has 0 atom stereocenters. The zero-order chi connectivity index (χ0) is 15.1. The third-order valence-electron chi connectivity index (χ3n) is 4.07. The fraction of sp³-hybridized carbons (Fsp3) is 0.933. The van der Waals surface area contributed by atoms with Crippen molar-refractivity contribution in [3.63, 3.8) is 0 Å². The zero-order valence-electron chi connectivity index (χ0n) is 13.4. The fourth-order valence-electron chi connectivity index (χ4n) is 2.83. The molecule has 0 unspecified atom stereocenters. The van der Waals surface area contributed by atoms with Gasteiger partial charge in [-0.3, -0.25) is 14.6 Å². The monoisotopic (exact) mass is 298 g/mol. The highest BCUT2D eigenvalue weighted by Gasteiger charge is 2.32. The summed E-state index contributed by atoms with van der Waals surface area (Å²) in [5.74, 6) is 0.137. The van der Waals surface area contributed by atoms with Gasteiger partial charge in [0.25, 0.3) is 0 Å². The average molecular weight is 298 g/mol. The van der Waals surface area contributed by atoms with Gasteiger partial charge in [0.05, 0.1) is 12.6 Å². The number of carbonyl (C=O) groups is 1. The summed E-state index contributed by atoms with van der Waals surface area (Å²) in [5.41, 5.74) is 0. The predicted octanol–water partition coefficient (Wildman–Crippen LogP) is -0.493. The number of hydrogen-bond acceptors (Lipinski definition) is 5. The Labute approximate surface area is 128 Å². The number of ether oxygens (including phenoxy) is 1. The molecule has 0 aromatic carbocycles. The first-order valence-electron chi connectivity index (χ1n) is 8.20. The van der Waals surface area contributed by atoms with Crippen molar-refractivity contribution < 1.29 is 9.53 Å². The van der Waals surface area contributed by atoms with Gasteiger partial charge in [-0.25, -0.2) is 0 Å². The van der Waals surface area contributed by atoms with E-state index in [0.717, 1.165) is 45.7 Å². The summed E-state index contributed by atoms with van der Waals surface area (Å²) in [7, 11) is 0. The van der Waals surface area contributed by atoms with Crippen molar-refractivity contribution in [2.75, 3.05) is 59.0 Å². The molecule has 0 spiro atoms. The molecule has 2 saturated heterocycles. The maximum Gasteiger partial charge on any atom is 0.234 e. The van der Waals surface area contributed by atoms with E-state index < -0.39 is 0 Å². The largest absolute Gasteiger partial charge is 0.379 e. The number of carbonyl (C=O) groups excluding carboxylic acids is 1. The van der Waals surface area contributed by atoms with Crippen molar-refractivity contribution in [2.45, 2.75) is 32.4 Å². The molecule has 6 nitrogen and oxygen atoms in total. The van der Waals surface area contributed by atoms with Gasteiger partial charge < -0.3 is 15.4 Å². The summed E-state index contributed by atoms with van der Waals surface area (Å²) in [6.07, 6.45) is 1.15. The molecule has 2 fully saturated rings. The molecule has 2 heterocycles. The zero-order valence-corrected chi connectivity index (χ0v) is 13.4. The third kappa shape index (κ3) is 5.90. The highest BCUT2D eigenvalue weighted by atomic mass is 16.5. The summed E-state index contributed by atoms with van der Waals surface area (Å²) in [6, 6.07) is 0.652. The molecule has 1 amide bonds. The molecule has 6 heteroatoms. The van der Waals surface area contributed by atoms with E-state index in [-0.39, 0.29) is 12.0 Å². The van der Waals surface area contributed by atoms with Gasteiger partial charge in [0, 0.05) is 58.5 Å². The van der Waals surface area contributed by atoms with Crippen LogP contribution < -0.4 is 10.6 Å². The lowest BCUT2D eigenvalue weighted by atomic mass is 10.1. The number of nitrogens with one attached hydrogen (secondary N) is 2. The lowest BCUT2D eigenvalue weighted by molar-refractivity contribution is -0.124. The topological polar surface area (TPSA) is 56.8 Å². The Kier molecular flexibility index (Phi) is 6.89. The van der Waals surface area contributed by atoms with Crippen LogP contribution >= 0.6 is 0 Å². The van der Waals surface area contributed by atoms with Gasteiger partial charge in [0.1, 0.15) is 0 Å². The highest BCUT2D eigenvalue weighted by molar-refractivity contribution is 5.78. The summed E-state index contributed by atoms with van der Waals surface area (Å²) >= 11 is 0. The Bertz CT molecular complexity index is 313. The minimum Gasteiger partial charge on any atom is -0.379 e. The van der Waals surface area contributed by atoms with Gasteiger partial charge in [-0.2, -0.15) is 0 Å². The van der Waals surface area contributed by atoms with E-state index in [0.29, 0.717) is 25.7 Å². The molecule has 0 aliphatic carbocycles. The molecular weight excluding hydrogens is 268 g/mol. The number of nitrogens with zero attached hydrogens (tertiary/aromatic N) is 2. The standard InChI is InChI=1S/C15H30N4O2/c1-13(2)21-9-3-4-17-15(20)12-18-10-14(11-18)19-7-5-16-6-8-19/h13-14,16H,3-12H2,1-2H3,(H,17,20). The average Bonchev–Trinajstić information content (AvgIpc) is 2.42. The van der Waals surface area contributed by atoms with E-state index in [1.54, 1.807) is 0 Å². The van der Waals surface area contributed by atoms with Crippen LogP contribution in [0.15, 0.2) is 0 Å². The van der Waals surface area contributed by atoms with Crippen LogP contribution in [0.4, 0.5) is 0 Å². The summed E-state index contributed by atoms with van der Waals surface area (Å²) in [4.78, 5) is 16.6. The lowest BCUT2D eigenvalue weighted by Gasteiger charge is -2.46. The van der Waals surface area contributed by atoms with Crippen LogP contribution in [0.5, 0.6) is 0 Å². The Hall–Kier alpha value is -0.690. The van der Waals surface area contributed by atoms with Crippen LogP contribution in [0, 0.1) is 0 Å². The summed E-state index contributed by atoms with van der Waals surface area (Å²) in [6.45, 7) is 12.5. The predicted molar refractivity (Wildman–Crippen MR) is 83.4 cm³/mol. The molecule has 0 bridgehead atoms. The molecular formula is C15H30N4O2. The van der Waals surface area contributed by atoms with Gasteiger partial charge in [-0.15, -0.1) is 0 Å². The molecule has 2 rings (SSSR count). The second-order valence-electron chi connectivity index (χ2n) is 6.26. The number of amides is 1. The van der Waals surface area contributed by atoms with Crippen molar-refractivity contribution in [2.24, 2.45) is 0 Å². The number of likely N-dealkylation sites (tertiary alicyclic amines) is 1. The quantitative estimate of drug-likeness (QED) is 0.592. The molecule has 122 valence electrons. The summed E-state index contributed by atoms with van der Waals surface area (Å²) < 4.78 is 5.45. The minimum atomic E-state index is 0.137. The number of hydrogen-bond donors (Lipinski definition) is 2. The molecule has 21 heavy (non-hydrogen) atoms. The van der Waals surface area contributed by atoms with Crippen LogP contribution in [0.3, 0.4) is 0 Å². The van der Waals surface area contributed by atoms with Crippen molar-refractivity contribution in [1.82, 2.24) is 20.4 Å². The Morgan fingerprint density at radius 1 is 1.33 bits per heavy atom. The fourth-order valence-corrected chi connectivity index (χ4v) is 2.83. The molecule has 2 N–H and O–H groups in total. The van der Waals surface area contributed by atoms with Crippen LogP contribution in [-0.4, -0.2) is 86.8 Å². The van der Waals surface area contributed by atoms with Gasteiger partial charge >= 0.3 is 0 Å². The van der Waals surface area contributed by atoms with E-state index in [4.69, 9.17) is 4.74 Å². The van der Waals surface area contributed by atoms with E-state index in [2.05, 4.69) is 20.4 Å². The van der Waals surface area contributed by atoms with Gasteiger partial charge in [-0.1, -0.05) is 0 Å². The second-order valence-corrected chi connectivity index (χ2v) is 6.26. The number of rotatable bonds is 8. The first kappa shape index (κ1) is 16.7. The van der Waals surface area contributed by atoms with Crippen molar-refractivity contribution in [3.8, 4) is 0 Å². The summed E-state index contributed by atoms with van der Waals surface area (Å²) in [5, 5.41) is 6.34. The maximum atomic E-state index is 11.8. The first-order chi connectivity index (χ1) is 10.1. The smallest absolute Gasteiger partial charge is 0.234 e. The minimum absolute atomic E-state index is 0.137. The van der Waals surface area contributed by atoms with Crippen LogP contribution in [0.25, 0.3) is 0 Å². The van der Waals surface area contributed by atoms with Crippen molar-refractivity contribution >= 4 is 5.91 Å². The molecule has 0 radical (unpaired) electrons. The molecule has 0 saturated carbocycles. The van der Waals surface area contributed by atoms with Gasteiger partial charge in [0.15, 0.2) is 0 Å². The van der Waals surface area contributed by atoms with Crippen LogP contribution in [0.2, 0.25) is 0 Å². The van der Waals surface area contributed by atoms with E-state index in [9.17, 15) is 4.79 Å². The Balaban J connectivity index is 1.48. The third-order valence-corrected chi connectivity index (χ3v) is 4.07. The number of piperazine rings is 1. The van der Waals surface area contributed by atoms with E-state index >= 15 is 0 Å². The lowest BCUT2D eigenvalue weighted by Crippen LogP contribution is -2.63. The van der Waals surface area contributed by atoms with Crippen molar-refractivity contribution in [3.05, 3.63) is 0 Å². The van der Waals surface area contributed by atoms with E-state index in [1.165, 1.54) is 0 Å². The normalized spacial score (nSPS) is 21.5. The molecule has 0 aromatic heterocycles. The van der Waals surface area contributed by atoms with Crippen LogP contribution in [-0.2, 0) is 9.53 Å². The van der Waals surface area contributed by atoms with Crippen molar-refractivity contribution in [1.29, 1.82) is 0 Å². The molecule has 2 aliphatic rings. The SMILES string of the molecule is CC(C)OCCCNC(=O)CN1CC(N2CCNCC2)C1. The molecule has 2 aliphatic heterocycles. The van der Waals surface area contributed by atoms with Gasteiger partial charge in [0.2, 0.25) is 5.91 Å². The first-order valence-corrected chi connectivity index (χ1v) is 8.20. The highest BCUT2D eigenvalue weighted by Crippen LogP contribution is 2.14. The maximum absolute atomic E-state index is 11.8. The van der Waals surface area contributed by atoms with Gasteiger partial charge in [-0.05, 0) is 20.3 Å². The molecule has 0 aromatic rings.